The number of halogens is 1. The third-order valence-corrected chi connectivity index (χ3v) is 7.24. The van der Waals surface area contributed by atoms with Crippen molar-refractivity contribution in [1.29, 1.82) is 0 Å². The third kappa shape index (κ3) is 4.49. The van der Waals surface area contributed by atoms with Crippen LogP contribution in [0.3, 0.4) is 0 Å². The molecule has 0 spiro atoms. The second-order valence-electron chi connectivity index (χ2n) is 8.07. The summed E-state index contributed by atoms with van der Waals surface area (Å²) in [6.45, 7) is 7.30. The van der Waals surface area contributed by atoms with E-state index < -0.39 is 0 Å². The zero-order chi connectivity index (χ0) is 22.9. The number of nitrogens with zero attached hydrogens (tertiary/aromatic N) is 3. The van der Waals surface area contributed by atoms with Gasteiger partial charge in [0.15, 0.2) is 0 Å². The molecular weight excluding hydrogens is 456 g/mol. The predicted octanol–water partition coefficient (Wildman–Crippen LogP) is 5.02. The number of hydrogen-bond donors (Lipinski definition) is 1. The molecule has 0 radical (unpaired) electrons. The Morgan fingerprint density at radius 1 is 1.09 bits per heavy atom. The van der Waals surface area contributed by atoms with E-state index in [1.807, 2.05) is 30.3 Å². The number of nitrogens with one attached hydrogen (secondary N) is 1. The first-order valence-corrected chi connectivity index (χ1v) is 12.1. The van der Waals surface area contributed by atoms with Gasteiger partial charge in [0.25, 0.3) is 11.1 Å². The van der Waals surface area contributed by atoms with Crippen LogP contribution in [0.1, 0.15) is 12.5 Å². The van der Waals surface area contributed by atoms with E-state index in [0.29, 0.717) is 4.91 Å². The molecule has 0 bridgehead atoms. The molecular formula is C25H23ClN4O2S. The summed E-state index contributed by atoms with van der Waals surface area (Å²) >= 11 is 7.66. The van der Waals surface area contributed by atoms with Crippen molar-refractivity contribution in [2.24, 2.45) is 0 Å². The molecule has 3 heterocycles. The van der Waals surface area contributed by atoms with E-state index in [4.69, 9.17) is 11.6 Å². The monoisotopic (exact) mass is 478 g/mol. The molecule has 2 saturated heterocycles. The SMILES string of the molecule is CCN1CCN(c2ccc(-c3ccnc4ccc(C=C5SC(=O)NC5=O)cc34)cc2Cl)CC1. The van der Waals surface area contributed by atoms with Crippen LogP contribution in [-0.2, 0) is 4.79 Å². The number of amides is 2. The number of imide groups is 1. The molecule has 2 fully saturated rings. The van der Waals surface area contributed by atoms with Crippen molar-refractivity contribution in [3.63, 3.8) is 0 Å². The molecule has 168 valence electrons. The number of hydrogen-bond acceptors (Lipinski definition) is 6. The Bertz CT molecular complexity index is 1280. The van der Waals surface area contributed by atoms with Gasteiger partial charge < -0.3 is 9.80 Å². The number of likely N-dealkylation sites (N-methyl/N-ethyl adjacent to an activating group) is 1. The summed E-state index contributed by atoms with van der Waals surface area (Å²) in [5.74, 6) is -0.362. The normalized spacial score (nSPS) is 18.4. The van der Waals surface area contributed by atoms with E-state index in [-0.39, 0.29) is 11.1 Å². The topological polar surface area (TPSA) is 65.5 Å². The Labute approximate surface area is 201 Å². The number of carbonyl (C=O) groups is 2. The van der Waals surface area contributed by atoms with Crippen LogP contribution in [0.5, 0.6) is 0 Å². The van der Waals surface area contributed by atoms with Gasteiger partial charge in [-0.05, 0) is 71.4 Å². The maximum Gasteiger partial charge on any atom is 0.290 e. The van der Waals surface area contributed by atoms with E-state index >= 15 is 0 Å². The van der Waals surface area contributed by atoms with E-state index in [9.17, 15) is 9.59 Å². The summed E-state index contributed by atoms with van der Waals surface area (Å²) in [6.07, 6.45) is 3.52. The molecule has 33 heavy (non-hydrogen) atoms. The highest BCUT2D eigenvalue weighted by molar-refractivity contribution is 8.18. The molecule has 8 heteroatoms. The van der Waals surface area contributed by atoms with E-state index in [1.54, 1.807) is 12.3 Å². The van der Waals surface area contributed by atoms with Crippen molar-refractivity contribution >= 4 is 57.2 Å². The number of rotatable bonds is 4. The maximum atomic E-state index is 11.9. The quantitative estimate of drug-likeness (QED) is 0.531. The van der Waals surface area contributed by atoms with Crippen LogP contribution in [0.25, 0.3) is 28.1 Å². The fourth-order valence-corrected chi connectivity index (χ4v) is 5.30. The van der Waals surface area contributed by atoms with Gasteiger partial charge in [-0.15, -0.1) is 0 Å². The highest BCUT2D eigenvalue weighted by Gasteiger charge is 2.25. The Kier molecular flexibility index (Phi) is 6.10. The predicted molar refractivity (Wildman–Crippen MR) is 136 cm³/mol. The number of fused-ring (bicyclic) bond motifs is 1. The van der Waals surface area contributed by atoms with Crippen LogP contribution >= 0.6 is 23.4 Å². The lowest BCUT2D eigenvalue weighted by atomic mass is 9.99. The number of anilines is 1. The highest BCUT2D eigenvalue weighted by Crippen LogP contribution is 2.35. The number of pyridine rings is 1. The Morgan fingerprint density at radius 3 is 2.61 bits per heavy atom. The minimum absolute atomic E-state index is 0.347. The molecule has 2 aliphatic rings. The summed E-state index contributed by atoms with van der Waals surface area (Å²) < 4.78 is 0. The molecule has 1 N–H and O–H groups in total. The third-order valence-electron chi connectivity index (χ3n) is 6.12. The van der Waals surface area contributed by atoms with E-state index in [1.165, 1.54) is 0 Å². The fourth-order valence-electron chi connectivity index (χ4n) is 4.31. The first-order valence-electron chi connectivity index (χ1n) is 10.9. The average molecular weight is 479 g/mol. The number of thioether (sulfide) groups is 1. The molecule has 1 aromatic heterocycles. The van der Waals surface area contributed by atoms with Gasteiger partial charge in [-0.3, -0.25) is 19.9 Å². The first-order chi connectivity index (χ1) is 16.0. The van der Waals surface area contributed by atoms with Gasteiger partial charge in [-0.25, -0.2) is 0 Å². The lowest BCUT2D eigenvalue weighted by Gasteiger charge is -2.36. The van der Waals surface area contributed by atoms with Crippen LogP contribution in [-0.4, -0.2) is 53.8 Å². The van der Waals surface area contributed by atoms with Gasteiger partial charge in [-0.2, -0.15) is 0 Å². The fraction of sp³-hybridized carbons (Fsp3) is 0.240. The largest absolute Gasteiger partial charge is 0.368 e. The van der Waals surface area contributed by atoms with Crippen molar-refractivity contribution < 1.29 is 9.59 Å². The van der Waals surface area contributed by atoms with Crippen molar-refractivity contribution in [1.82, 2.24) is 15.2 Å². The van der Waals surface area contributed by atoms with Crippen molar-refractivity contribution in [2.45, 2.75) is 6.92 Å². The van der Waals surface area contributed by atoms with Crippen LogP contribution in [0.15, 0.2) is 53.6 Å². The Balaban J connectivity index is 1.48. The van der Waals surface area contributed by atoms with Gasteiger partial charge in [0.2, 0.25) is 0 Å². The van der Waals surface area contributed by atoms with Crippen LogP contribution < -0.4 is 10.2 Å². The number of piperazine rings is 1. The molecule has 2 aliphatic heterocycles. The summed E-state index contributed by atoms with van der Waals surface area (Å²) in [7, 11) is 0. The summed E-state index contributed by atoms with van der Waals surface area (Å²) in [5, 5.41) is 3.64. The minimum Gasteiger partial charge on any atom is -0.368 e. The van der Waals surface area contributed by atoms with Gasteiger partial charge in [0.05, 0.1) is 21.1 Å². The summed E-state index contributed by atoms with van der Waals surface area (Å²) in [4.78, 5) is 33.1. The van der Waals surface area contributed by atoms with Crippen LogP contribution in [0.2, 0.25) is 5.02 Å². The number of carbonyl (C=O) groups excluding carboxylic acids is 2. The second-order valence-corrected chi connectivity index (χ2v) is 9.50. The molecule has 0 saturated carbocycles. The van der Waals surface area contributed by atoms with Gasteiger partial charge in [0, 0.05) is 37.8 Å². The van der Waals surface area contributed by atoms with Gasteiger partial charge in [0.1, 0.15) is 0 Å². The van der Waals surface area contributed by atoms with Gasteiger partial charge in [-0.1, -0.05) is 30.7 Å². The van der Waals surface area contributed by atoms with Crippen molar-refractivity contribution in [2.75, 3.05) is 37.6 Å². The van der Waals surface area contributed by atoms with Crippen molar-refractivity contribution in [3.05, 3.63) is 64.2 Å². The Hall–Kier alpha value is -2.87. The summed E-state index contributed by atoms with van der Waals surface area (Å²) in [6, 6.07) is 14.0. The second kappa shape index (κ2) is 9.17. The van der Waals surface area contributed by atoms with E-state index in [0.717, 1.165) is 82.8 Å². The standard InChI is InChI=1S/C25H23ClN4O2S/c1-2-29-9-11-30(12-10-29)22-6-4-17(15-20(22)26)18-7-8-27-21-5-3-16(13-19(18)21)14-23-24(31)28-25(32)33-23/h3-8,13-15H,2,9-12H2,1H3,(H,28,31,32). The molecule has 3 aromatic rings. The highest BCUT2D eigenvalue weighted by atomic mass is 35.5. The number of benzene rings is 2. The average Bonchev–Trinajstić information content (AvgIpc) is 3.15. The molecule has 6 nitrogen and oxygen atoms in total. The minimum atomic E-state index is -0.362. The lowest BCUT2D eigenvalue weighted by Crippen LogP contribution is -2.46. The molecule has 0 atom stereocenters. The molecule has 2 aromatic carbocycles. The van der Waals surface area contributed by atoms with Gasteiger partial charge >= 0.3 is 0 Å². The number of aromatic nitrogens is 1. The van der Waals surface area contributed by atoms with E-state index in [2.05, 4.69) is 39.2 Å². The summed E-state index contributed by atoms with van der Waals surface area (Å²) in [5.41, 5.74) is 4.78. The van der Waals surface area contributed by atoms with Crippen molar-refractivity contribution in [3.8, 4) is 11.1 Å². The zero-order valence-electron chi connectivity index (χ0n) is 18.2. The molecule has 0 unspecified atom stereocenters. The molecule has 2 amide bonds. The molecule has 5 rings (SSSR count). The smallest absolute Gasteiger partial charge is 0.290 e. The Morgan fingerprint density at radius 2 is 1.91 bits per heavy atom. The van der Waals surface area contributed by atoms with Crippen LogP contribution in [0.4, 0.5) is 10.5 Å². The lowest BCUT2D eigenvalue weighted by molar-refractivity contribution is -0.115. The maximum absolute atomic E-state index is 11.9. The van der Waals surface area contributed by atoms with Crippen LogP contribution in [0, 0.1) is 0 Å². The zero-order valence-corrected chi connectivity index (χ0v) is 19.7. The molecule has 0 aliphatic carbocycles. The first kappa shape index (κ1) is 21.9.